The lowest BCUT2D eigenvalue weighted by molar-refractivity contribution is -0.140. The Labute approximate surface area is 99.1 Å². The Morgan fingerprint density at radius 3 is 2.41 bits per heavy atom. The predicted molar refractivity (Wildman–Crippen MR) is 52.1 cm³/mol. The Bertz CT molecular complexity index is 359. The number of methoxy groups -OCH3 is 1. The molecule has 17 heavy (non-hydrogen) atoms. The molecule has 0 unspecified atom stereocenters. The Morgan fingerprint density at radius 2 is 2.00 bits per heavy atom. The third-order valence-electron chi connectivity index (χ3n) is 1.36. The number of nitrogens with one attached hydrogen (secondary N) is 1. The van der Waals surface area contributed by atoms with E-state index < -0.39 is 51.8 Å². The van der Waals surface area contributed by atoms with E-state index in [0.29, 0.717) is 0 Å². The molecule has 0 saturated heterocycles. The van der Waals surface area contributed by atoms with E-state index in [1.54, 1.807) is 0 Å². The lowest BCUT2D eigenvalue weighted by atomic mass is 10.5. The van der Waals surface area contributed by atoms with Crippen molar-refractivity contribution in [1.82, 2.24) is 4.13 Å². The molecule has 0 amide bonds. The highest BCUT2D eigenvalue weighted by Gasteiger charge is 2.43. The molecule has 5 nitrogen and oxygen atoms in total. The van der Waals surface area contributed by atoms with E-state index >= 15 is 0 Å². The fourth-order valence-electron chi connectivity index (χ4n) is 0.525. The molecular weight excluding hydrogens is 290 g/mol. The minimum Gasteiger partial charge on any atom is -0.469 e. The number of carbonyl (C=O) groups excluding carboxylic acids is 1. The normalized spacial score (nSPS) is 12.8. The number of hydrogen-bond donors (Lipinski definition) is 1. The van der Waals surface area contributed by atoms with Gasteiger partial charge in [0.2, 0.25) is 10.0 Å². The zero-order valence-corrected chi connectivity index (χ0v) is 10.1. The van der Waals surface area contributed by atoms with Gasteiger partial charge in [0.25, 0.3) is 0 Å². The molecule has 0 heterocycles. The summed E-state index contributed by atoms with van der Waals surface area (Å²) in [5.74, 6) is -1.69. The van der Waals surface area contributed by atoms with Crippen molar-refractivity contribution in [2.75, 3.05) is 12.9 Å². The second kappa shape index (κ2) is 6.40. The van der Waals surface area contributed by atoms with Gasteiger partial charge in [0.15, 0.2) is 0 Å². The average molecular weight is 299 g/mol. The molecule has 0 aliphatic heterocycles. The van der Waals surface area contributed by atoms with Gasteiger partial charge in [-0.15, -0.1) is 0 Å². The number of carbonyl (C=O) groups is 1. The molecular formula is C6H9F4NO4S2. The molecule has 0 aliphatic carbocycles. The smallest absolute Gasteiger partial charge is 0.367 e. The minimum absolute atomic E-state index is 0.563. The van der Waals surface area contributed by atoms with E-state index in [1.165, 1.54) is 4.13 Å². The highest BCUT2D eigenvalue weighted by molar-refractivity contribution is 8.09. The maximum Gasteiger partial charge on any atom is 0.367 e. The maximum absolute atomic E-state index is 12.3. The minimum atomic E-state index is -4.53. The molecule has 0 aromatic heterocycles. The Morgan fingerprint density at radius 1 is 1.47 bits per heavy atom. The summed E-state index contributed by atoms with van der Waals surface area (Å²) in [6, 6.07) is 0. The van der Waals surface area contributed by atoms with Crippen molar-refractivity contribution in [1.29, 1.82) is 0 Å². The lowest BCUT2D eigenvalue weighted by Gasteiger charge is -2.14. The SMILES string of the molecule is COC(=O)CCS(=O)(=O)NSC(F)(F)C(F)F. The number of halogens is 4. The van der Waals surface area contributed by atoms with Crippen LogP contribution in [0.25, 0.3) is 0 Å². The van der Waals surface area contributed by atoms with Crippen LogP contribution in [0.2, 0.25) is 0 Å². The van der Waals surface area contributed by atoms with Crippen LogP contribution in [-0.2, 0) is 19.6 Å². The number of rotatable bonds is 7. The lowest BCUT2D eigenvalue weighted by Crippen LogP contribution is -2.31. The van der Waals surface area contributed by atoms with Crippen LogP contribution in [0.5, 0.6) is 0 Å². The summed E-state index contributed by atoms with van der Waals surface area (Å²) >= 11 is -0.920. The third kappa shape index (κ3) is 6.68. The van der Waals surface area contributed by atoms with E-state index in [-0.39, 0.29) is 0 Å². The molecule has 0 rings (SSSR count). The van der Waals surface area contributed by atoms with Crippen molar-refractivity contribution in [3.8, 4) is 0 Å². The van der Waals surface area contributed by atoms with Gasteiger partial charge in [-0.2, -0.15) is 12.9 Å². The summed E-state index contributed by atoms with van der Waals surface area (Å²) < 4.78 is 75.4. The van der Waals surface area contributed by atoms with Crippen molar-refractivity contribution >= 4 is 27.9 Å². The highest BCUT2D eigenvalue weighted by Crippen LogP contribution is 2.33. The molecule has 102 valence electrons. The van der Waals surface area contributed by atoms with Gasteiger partial charge in [-0.25, -0.2) is 17.2 Å². The van der Waals surface area contributed by atoms with Crippen LogP contribution in [0.3, 0.4) is 0 Å². The van der Waals surface area contributed by atoms with Crippen molar-refractivity contribution in [3.63, 3.8) is 0 Å². The molecule has 0 fully saturated rings. The van der Waals surface area contributed by atoms with Gasteiger partial charge in [0, 0.05) is 11.9 Å². The van der Waals surface area contributed by atoms with Crippen molar-refractivity contribution in [3.05, 3.63) is 0 Å². The van der Waals surface area contributed by atoms with Crippen LogP contribution >= 0.6 is 11.9 Å². The molecule has 11 heteroatoms. The monoisotopic (exact) mass is 299 g/mol. The van der Waals surface area contributed by atoms with E-state index in [0.717, 1.165) is 7.11 Å². The zero-order valence-electron chi connectivity index (χ0n) is 8.45. The molecule has 0 saturated carbocycles. The third-order valence-corrected chi connectivity index (χ3v) is 3.90. The number of sulfonamides is 1. The van der Waals surface area contributed by atoms with Crippen molar-refractivity contribution < 1.29 is 35.5 Å². The summed E-state index contributed by atoms with van der Waals surface area (Å²) in [6.45, 7) is 0. The average Bonchev–Trinajstić information content (AvgIpc) is 2.23. The van der Waals surface area contributed by atoms with Crippen LogP contribution in [-0.4, -0.2) is 38.9 Å². The van der Waals surface area contributed by atoms with Crippen LogP contribution in [0.15, 0.2) is 0 Å². The molecule has 0 radical (unpaired) electrons. The van der Waals surface area contributed by atoms with Gasteiger partial charge < -0.3 is 4.74 Å². The zero-order chi connectivity index (χ0) is 13.7. The van der Waals surface area contributed by atoms with E-state index in [2.05, 4.69) is 4.74 Å². The Kier molecular flexibility index (Phi) is 6.19. The van der Waals surface area contributed by atoms with E-state index in [9.17, 15) is 30.8 Å². The van der Waals surface area contributed by atoms with Gasteiger partial charge >= 0.3 is 17.6 Å². The number of alkyl halides is 4. The summed E-state index contributed by atoms with van der Waals surface area (Å²) in [5, 5.41) is -4.53. The maximum atomic E-state index is 12.3. The van der Waals surface area contributed by atoms with Gasteiger partial charge in [-0.05, 0) is 0 Å². The molecule has 0 aromatic rings. The number of ether oxygens (including phenoxy) is 1. The van der Waals surface area contributed by atoms with Gasteiger partial charge in [0.05, 0.1) is 19.3 Å². The summed E-state index contributed by atoms with van der Waals surface area (Å²) in [6.07, 6.45) is -4.57. The summed E-state index contributed by atoms with van der Waals surface area (Å²) in [7, 11) is -3.24. The first-order valence-corrected chi connectivity index (χ1v) is 6.48. The largest absolute Gasteiger partial charge is 0.469 e. The first kappa shape index (κ1) is 16.4. The number of hydrogen-bond acceptors (Lipinski definition) is 5. The van der Waals surface area contributed by atoms with Crippen molar-refractivity contribution in [2.24, 2.45) is 0 Å². The van der Waals surface area contributed by atoms with Gasteiger partial charge in [-0.1, -0.05) is 0 Å². The second-order valence-corrected chi connectivity index (χ2v) is 5.75. The summed E-state index contributed by atoms with van der Waals surface area (Å²) in [5.41, 5.74) is 0. The van der Waals surface area contributed by atoms with Crippen LogP contribution in [0, 0.1) is 0 Å². The molecule has 0 aromatic carbocycles. The first-order valence-electron chi connectivity index (χ1n) is 4.01. The van der Waals surface area contributed by atoms with E-state index in [4.69, 9.17) is 0 Å². The fourth-order valence-corrected chi connectivity index (χ4v) is 2.34. The molecule has 0 bridgehead atoms. The highest BCUT2D eigenvalue weighted by atomic mass is 32.3. The Balaban J connectivity index is 4.24. The van der Waals surface area contributed by atoms with Crippen LogP contribution in [0.4, 0.5) is 17.6 Å². The van der Waals surface area contributed by atoms with E-state index in [1.807, 2.05) is 0 Å². The molecule has 0 aliphatic rings. The Hall–Kier alpha value is -0.550. The first-order chi connectivity index (χ1) is 7.60. The standard InChI is InChI=1S/C6H9F4NO4S2/c1-15-4(12)2-3-17(13,14)11-16-6(9,10)5(7)8/h5,11H,2-3H2,1H3. The van der Waals surface area contributed by atoms with Crippen molar-refractivity contribution in [2.45, 2.75) is 18.1 Å². The quantitative estimate of drug-likeness (QED) is 0.431. The summed E-state index contributed by atoms with van der Waals surface area (Å²) in [4.78, 5) is 10.6. The van der Waals surface area contributed by atoms with Crippen LogP contribution in [0.1, 0.15) is 6.42 Å². The fraction of sp³-hybridized carbons (Fsp3) is 0.833. The van der Waals surface area contributed by atoms with Gasteiger partial charge in [0.1, 0.15) is 0 Å². The molecule has 0 atom stereocenters. The van der Waals surface area contributed by atoms with Crippen LogP contribution < -0.4 is 4.13 Å². The number of esters is 1. The predicted octanol–water partition coefficient (Wildman–Crippen LogP) is 0.975. The van der Waals surface area contributed by atoms with Gasteiger partial charge in [-0.3, -0.25) is 4.79 Å². The molecule has 0 spiro atoms. The second-order valence-electron chi connectivity index (χ2n) is 2.69. The topological polar surface area (TPSA) is 72.5 Å². The molecule has 1 N–H and O–H groups in total.